The van der Waals surface area contributed by atoms with Crippen molar-refractivity contribution < 1.29 is 14.3 Å². The number of nitrogens with one attached hydrogen (secondary N) is 1. The molecule has 1 amide bonds. The molecule has 1 aliphatic rings. The predicted molar refractivity (Wildman–Crippen MR) is 128 cm³/mol. The maximum absolute atomic E-state index is 13.2. The Morgan fingerprint density at radius 2 is 2.09 bits per heavy atom. The second kappa shape index (κ2) is 9.41. The fourth-order valence-electron chi connectivity index (χ4n) is 3.84. The number of methoxy groups -OCH3 is 2. The molecular weight excluding hydrogens is 496 g/mol. The Morgan fingerprint density at radius 1 is 1.31 bits per heavy atom. The molecule has 10 heteroatoms. The third kappa shape index (κ3) is 4.16. The van der Waals surface area contributed by atoms with Crippen molar-refractivity contribution in [3.8, 4) is 11.5 Å². The number of ether oxygens (including phenoxy) is 2. The van der Waals surface area contributed by atoms with Crippen LogP contribution >= 0.6 is 27.3 Å². The summed E-state index contributed by atoms with van der Waals surface area (Å²) >= 11 is 5.02. The molecule has 0 aliphatic heterocycles. The average Bonchev–Trinajstić information content (AvgIpc) is 3.17. The van der Waals surface area contributed by atoms with Gasteiger partial charge in [-0.05, 0) is 71.8 Å². The van der Waals surface area contributed by atoms with Crippen LogP contribution in [0.2, 0.25) is 0 Å². The minimum Gasteiger partial charge on any atom is -0.493 e. The molecule has 8 nitrogen and oxygen atoms in total. The Labute approximate surface area is 197 Å². The summed E-state index contributed by atoms with van der Waals surface area (Å²) in [5.74, 6) is 0.696. The van der Waals surface area contributed by atoms with Gasteiger partial charge in [0.05, 0.1) is 36.6 Å². The highest BCUT2D eigenvalue weighted by atomic mass is 79.9. The molecule has 3 aromatic rings. The van der Waals surface area contributed by atoms with Gasteiger partial charge < -0.3 is 9.47 Å². The Bertz CT molecular complexity index is 1270. The summed E-state index contributed by atoms with van der Waals surface area (Å²) in [6, 6.07) is 2.78. The van der Waals surface area contributed by atoms with E-state index in [9.17, 15) is 9.59 Å². The van der Waals surface area contributed by atoms with Crippen molar-refractivity contribution in [2.45, 2.75) is 38.6 Å². The van der Waals surface area contributed by atoms with Crippen LogP contribution in [0.4, 0.5) is 0 Å². The predicted octanol–water partition coefficient (Wildman–Crippen LogP) is 3.83. The van der Waals surface area contributed by atoms with E-state index in [1.165, 1.54) is 22.0 Å². The summed E-state index contributed by atoms with van der Waals surface area (Å²) in [4.78, 5) is 32.3. The summed E-state index contributed by atoms with van der Waals surface area (Å²) in [7, 11) is 3.10. The molecular formula is C22H23BrN4O4S. The molecule has 4 rings (SSSR count). The summed E-state index contributed by atoms with van der Waals surface area (Å²) in [6.45, 7) is 1.66. The molecule has 168 valence electrons. The smallest absolute Gasteiger partial charge is 0.263 e. The fourth-order valence-corrected chi connectivity index (χ4v) is 5.68. The molecule has 1 N–H and O–H groups in total. The van der Waals surface area contributed by atoms with E-state index in [-0.39, 0.29) is 5.56 Å². The third-order valence-corrected chi connectivity index (χ3v) is 7.33. The highest BCUT2D eigenvalue weighted by Gasteiger charge is 2.23. The lowest BCUT2D eigenvalue weighted by molar-refractivity contribution is -0.123. The van der Waals surface area contributed by atoms with Gasteiger partial charge in [0.2, 0.25) is 0 Å². The van der Waals surface area contributed by atoms with Crippen molar-refractivity contribution in [3.63, 3.8) is 0 Å². The molecule has 0 saturated heterocycles. The molecule has 1 aliphatic carbocycles. The number of thiophene rings is 1. The van der Waals surface area contributed by atoms with Gasteiger partial charge in [0.15, 0.2) is 11.5 Å². The molecule has 0 fully saturated rings. The first kappa shape index (κ1) is 22.5. The van der Waals surface area contributed by atoms with Gasteiger partial charge in [0.1, 0.15) is 10.9 Å². The van der Waals surface area contributed by atoms with Crippen LogP contribution in [0.15, 0.2) is 32.8 Å². The quantitative estimate of drug-likeness (QED) is 0.395. The summed E-state index contributed by atoms with van der Waals surface area (Å²) < 4.78 is 12.7. The van der Waals surface area contributed by atoms with Crippen molar-refractivity contribution in [1.29, 1.82) is 0 Å². The third-order valence-electron chi connectivity index (χ3n) is 5.54. The zero-order valence-electron chi connectivity index (χ0n) is 18.0. The first-order valence-corrected chi connectivity index (χ1v) is 11.8. The number of hydrazone groups is 1. The van der Waals surface area contributed by atoms with Crippen LogP contribution in [-0.4, -0.2) is 35.9 Å². The van der Waals surface area contributed by atoms with Crippen molar-refractivity contribution in [1.82, 2.24) is 15.0 Å². The van der Waals surface area contributed by atoms with E-state index in [4.69, 9.17) is 9.47 Å². The van der Waals surface area contributed by atoms with Crippen LogP contribution in [-0.2, 0) is 17.6 Å². The van der Waals surface area contributed by atoms with Gasteiger partial charge >= 0.3 is 0 Å². The maximum atomic E-state index is 13.2. The molecule has 0 spiro atoms. The highest BCUT2D eigenvalue weighted by Crippen LogP contribution is 2.36. The van der Waals surface area contributed by atoms with Crippen LogP contribution in [0.1, 0.15) is 41.8 Å². The number of fused-ring (bicyclic) bond motifs is 3. The monoisotopic (exact) mass is 518 g/mol. The molecule has 32 heavy (non-hydrogen) atoms. The summed E-state index contributed by atoms with van der Waals surface area (Å²) in [5, 5.41) is 4.69. The zero-order chi connectivity index (χ0) is 22.8. The normalized spacial score (nSPS) is 14.4. The molecule has 2 heterocycles. The molecule has 0 radical (unpaired) electrons. The molecule has 1 aromatic carbocycles. The Balaban J connectivity index is 1.53. The van der Waals surface area contributed by atoms with E-state index in [2.05, 4.69) is 31.4 Å². The van der Waals surface area contributed by atoms with Crippen LogP contribution in [0.25, 0.3) is 10.2 Å². The van der Waals surface area contributed by atoms with Gasteiger partial charge in [-0.25, -0.2) is 10.4 Å². The Hall–Kier alpha value is -2.72. The number of hydrogen-bond acceptors (Lipinski definition) is 7. The number of rotatable bonds is 6. The number of benzene rings is 1. The van der Waals surface area contributed by atoms with E-state index in [0.717, 1.165) is 36.1 Å². The molecule has 1 atom stereocenters. The van der Waals surface area contributed by atoms with Crippen LogP contribution < -0.4 is 20.5 Å². The number of amides is 1. The van der Waals surface area contributed by atoms with Gasteiger partial charge in [-0.3, -0.25) is 14.2 Å². The molecule has 2 aromatic heterocycles. The lowest BCUT2D eigenvalue weighted by Crippen LogP contribution is -2.34. The molecule has 0 saturated carbocycles. The van der Waals surface area contributed by atoms with Crippen LogP contribution in [0.3, 0.4) is 0 Å². The largest absolute Gasteiger partial charge is 0.493 e. The van der Waals surface area contributed by atoms with Gasteiger partial charge in [-0.15, -0.1) is 11.3 Å². The van der Waals surface area contributed by atoms with Crippen LogP contribution in [0.5, 0.6) is 11.5 Å². The first-order valence-electron chi connectivity index (χ1n) is 10.2. The number of nitrogens with zero attached hydrogens (tertiary/aromatic N) is 3. The maximum Gasteiger partial charge on any atom is 0.263 e. The van der Waals surface area contributed by atoms with Crippen molar-refractivity contribution >= 4 is 49.6 Å². The fraction of sp³-hybridized carbons (Fsp3) is 0.364. The van der Waals surface area contributed by atoms with Gasteiger partial charge in [0, 0.05) is 4.88 Å². The van der Waals surface area contributed by atoms with Gasteiger partial charge in [-0.1, -0.05) is 0 Å². The number of carbonyl (C=O) groups excluding carboxylic acids is 1. The van der Waals surface area contributed by atoms with Gasteiger partial charge in [-0.2, -0.15) is 5.10 Å². The zero-order valence-corrected chi connectivity index (χ0v) is 20.4. The number of carbonyl (C=O) groups is 1. The van der Waals surface area contributed by atoms with E-state index in [1.807, 2.05) is 0 Å². The van der Waals surface area contributed by atoms with Gasteiger partial charge in [0.25, 0.3) is 11.5 Å². The second-order valence-electron chi connectivity index (χ2n) is 7.50. The summed E-state index contributed by atoms with van der Waals surface area (Å²) in [5.41, 5.74) is 4.13. The second-order valence-corrected chi connectivity index (χ2v) is 9.43. The van der Waals surface area contributed by atoms with Crippen molar-refractivity contribution in [2.75, 3.05) is 14.2 Å². The average molecular weight is 519 g/mol. The van der Waals surface area contributed by atoms with Crippen molar-refractivity contribution in [2.24, 2.45) is 5.10 Å². The highest BCUT2D eigenvalue weighted by molar-refractivity contribution is 9.10. The number of hydrogen-bond donors (Lipinski definition) is 1. The molecule has 1 unspecified atom stereocenters. The minimum atomic E-state index is -0.757. The topological polar surface area (TPSA) is 94.8 Å². The number of halogens is 1. The number of aromatic nitrogens is 2. The molecule has 0 bridgehead atoms. The SMILES string of the molecule is COc1cc(C=NNC(=O)C(C)n2cnc3sc4c(c3c2=O)CCCC4)cc(Br)c1OC. The van der Waals surface area contributed by atoms with Crippen LogP contribution in [0, 0.1) is 0 Å². The Morgan fingerprint density at radius 3 is 2.84 bits per heavy atom. The van der Waals surface area contributed by atoms with Crippen molar-refractivity contribution in [3.05, 3.63) is 49.3 Å². The lowest BCUT2D eigenvalue weighted by Gasteiger charge is -2.14. The van der Waals surface area contributed by atoms with E-state index >= 15 is 0 Å². The summed E-state index contributed by atoms with van der Waals surface area (Å²) in [6.07, 6.45) is 7.04. The number of aryl methyl sites for hydroxylation is 2. The lowest BCUT2D eigenvalue weighted by atomic mass is 9.97. The van der Waals surface area contributed by atoms with E-state index < -0.39 is 11.9 Å². The standard InChI is InChI=1S/C22H23BrN4O4S/c1-12(20(28)26-25-10-13-8-15(23)19(31-3)16(9-13)30-2)27-11-24-21-18(22(27)29)14-6-4-5-7-17(14)32-21/h8-12H,4-7H2,1-3H3,(H,26,28). The first-order chi connectivity index (χ1) is 15.4. The van der Waals surface area contributed by atoms with E-state index in [1.54, 1.807) is 44.6 Å². The minimum absolute atomic E-state index is 0.176. The Kier molecular flexibility index (Phi) is 6.61. The van der Waals surface area contributed by atoms with E-state index in [0.29, 0.717) is 26.9 Å².